The maximum Gasteiger partial charge on any atom is 0.407 e. The Balaban J connectivity index is 1.60. The fourth-order valence-corrected chi connectivity index (χ4v) is 4.10. The number of benzene rings is 2. The minimum absolute atomic E-state index is 0.0772. The number of alkyl carbamates (subject to hydrolysis) is 1. The van der Waals surface area contributed by atoms with E-state index in [-0.39, 0.29) is 31.9 Å². The van der Waals surface area contributed by atoms with Crippen molar-refractivity contribution < 1.29 is 24.2 Å². The van der Waals surface area contributed by atoms with Crippen molar-refractivity contribution in [3.8, 4) is 11.1 Å². The van der Waals surface area contributed by atoms with Crippen LogP contribution in [-0.2, 0) is 14.3 Å². The van der Waals surface area contributed by atoms with Gasteiger partial charge in [0, 0.05) is 12.5 Å². The van der Waals surface area contributed by atoms with Crippen LogP contribution in [0.25, 0.3) is 11.1 Å². The lowest BCUT2D eigenvalue weighted by Gasteiger charge is -2.25. The highest BCUT2D eigenvalue weighted by Crippen LogP contribution is 2.44. The van der Waals surface area contributed by atoms with E-state index in [0.717, 1.165) is 22.3 Å². The molecule has 0 aliphatic heterocycles. The number of aliphatic carboxylic acids is 1. The van der Waals surface area contributed by atoms with E-state index < -0.39 is 29.4 Å². The monoisotopic (exact) mass is 450 g/mol. The van der Waals surface area contributed by atoms with E-state index in [1.807, 2.05) is 36.4 Å². The highest BCUT2D eigenvalue weighted by atomic mass is 16.5. The van der Waals surface area contributed by atoms with Crippen molar-refractivity contribution in [2.75, 3.05) is 13.2 Å². The first-order valence-corrected chi connectivity index (χ1v) is 10.9. The Bertz CT molecular complexity index is 1000. The lowest BCUT2D eigenvalue weighted by molar-refractivity contribution is -0.139. The van der Waals surface area contributed by atoms with E-state index in [9.17, 15) is 14.4 Å². The van der Waals surface area contributed by atoms with Gasteiger partial charge in [-0.1, -0.05) is 68.5 Å². The summed E-state index contributed by atoms with van der Waals surface area (Å²) in [5, 5.41) is 14.3. The van der Waals surface area contributed by atoms with Crippen molar-refractivity contribution in [2.24, 2.45) is 5.41 Å². The largest absolute Gasteiger partial charge is 0.481 e. The van der Waals surface area contributed by atoms with Crippen LogP contribution in [0, 0.1) is 5.41 Å². The number of ether oxygens (including phenoxy) is 1. The lowest BCUT2D eigenvalue weighted by atomic mass is 9.89. The van der Waals surface area contributed by atoms with E-state index >= 15 is 0 Å². The number of carboxylic acid groups (broad SMARTS) is 1. The second-order valence-electron chi connectivity index (χ2n) is 9.00. The highest BCUT2D eigenvalue weighted by molar-refractivity contribution is 5.86. The molecule has 174 valence electrons. The van der Waals surface area contributed by atoms with E-state index in [2.05, 4.69) is 29.3 Å². The summed E-state index contributed by atoms with van der Waals surface area (Å²) in [6.45, 7) is 7.46. The van der Waals surface area contributed by atoms with Crippen LogP contribution >= 0.6 is 0 Å². The van der Waals surface area contributed by atoms with Crippen molar-refractivity contribution in [3.05, 3.63) is 72.3 Å². The van der Waals surface area contributed by atoms with E-state index in [1.165, 1.54) is 6.08 Å². The van der Waals surface area contributed by atoms with Gasteiger partial charge >= 0.3 is 12.1 Å². The molecule has 0 aromatic heterocycles. The Labute approximate surface area is 193 Å². The summed E-state index contributed by atoms with van der Waals surface area (Å²) >= 11 is 0. The molecule has 0 radical (unpaired) electrons. The summed E-state index contributed by atoms with van der Waals surface area (Å²) in [6, 6.07) is 15.2. The first-order valence-electron chi connectivity index (χ1n) is 10.9. The number of hydrogen-bond donors (Lipinski definition) is 3. The Hall–Kier alpha value is -3.61. The fraction of sp³-hybridized carbons (Fsp3) is 0.346. The lowest BCUT2D eigenvalue weighted by Crippen LogP contribution is -2.48. The molecule has 7 heteroatoms. The summed E-state index contributed by atoms with van der Waals surface area (Å²) in [5.41, 5.74) is 3.86. The molecule has 0 saturated heterocycles. The standard InChI is InChI=1S/C26H30N2O5/c1-4-9-22(24(31)27-16-26(2,3)14-23(29)30)28-25(32)33-15-21-19-12-7-5-10-17(19)18-11-6-8-13-20(18)21/h4-8,10-13,21-22H,1,9,14-16H2,2-3H3,(H,27,31)(H,28,32)(H,29,30). The second kappa shape index (κ2) is 10.3. The maximum absolute atomic E-state index is 12.6. The van der Waals surface area contributed by atoms with E-state index in [4.69, 9.17) is 9.84 Å². The van der Waals surface area contributed by atoms with Gasteiger partial charge in [-0.3, -0.25) is 9.59 Å². The molecular weight excluding hydrogens is 420 g/mol. The highest BCUT2D eigenvalue weighted by Gasteiger charge is 2.30. The molecule has 2 amide bonds. The fourth-order valence-electron chi connectivity index (χ4n) is 4.10. The van der Waals surface area contributed by atoms with E-state index in [1.54, 1.807) is 13.8 Å². The Morgan fingerprint density at radius 1 is 1.09 bits per heavy atom. The first kappa shape index (κ1) is 24.0. The van der Waals surface area contributed by atoms with Crippen LogP contribution in [0.5, 0.6) is 0 Å². The van der Waals surface area contributed by atoms with Gasteiger partial charge in [-0.15, -0.1) is 6.58 Å². The van der Waals surface area contributed by atoms with Crippen LogP contribution in [0.4, 0.5) is 4.79 Å². The molecule has 2 aromatic carbocycles. The minimum Gasteiger partial charge on any atom is -0.481 e. The molecule has 1 aliphatic carbocycles. The third-order valence-electron chi connectivity index (χ3n) is 5.73. The van der Waals surface area contributed by atoms with Gasteiger partial charge in [-0.2, -0.15) is 0 Å². The SMILES string of the molecule is C=CCC(NC(=O)OCC1c2ccccc2-c2ccccc21)C(=O)NCC(C)(C)CC(=O)O. The Morgan fingerprint density at radius 2 is 1.67 bits per heavy atom. The maximum atomic E-state index is 12.6. The number of amides is 2. The van der Waals surface area contributed by atoms with Crippen molar-refractivity contribution in [1.82, 2.24) is 10.6 Å². The molecule has 2 aromatic rings. The molecule has 7 nitrogen and oxygen atoms in total. The smallest absolute Gasteiger partial charge is 0.407 e. The molecule has 0 saturated carbocycles. The molecule has 0 spiro atoms. The summed E-state index contributed by atoms with van der Waals surface area (Å²) in [4.78, 5) is 36.1. The number of hydrogen-bond acceptors (Lipinski definition) is 4. The summed E-state index contributed by atoms with van der Waals surface area (Å²) < 4.78 is 5.52. The van der Waals surface area contributed by atoms with Crippen molar-refractivity contribution in [3.63, 3.8) is 0 Å². The van der Waals surface area contributed by atoms with Gasteiger partial charge in [0.2, 0.25) is 5.91 Å². The van der Waals surface area contributed by atoms with Crippen LogP contribution in [-0.4, -0.2) is 42.3 Å². The topological polar surface area (TPSA) is 105 Å². The van der Waals surface area contributed by atoms with Gasteiger partial charge in [-0.25, -0.2) is 4.79 Å². The molecule has 1 aliphatic rings. The average Bonchev–Trinajstić information content (AvgIpc) is 3.09. The number of carbonyl (C=O) groups is 3. The third-order valence-corrected chi connectivity index (χ3v) is 5.73. The Kier molecular flexibility index (Phi) is 7.53. The van der Waals surface area contributed by atoms with Crippen LogP contribution in [0.2, 0.25) is 0 Å². The molecule has 0 heterocycles. The molecule has 0 bridgehead atoms. The first-order chi connectivity index (χ1) is 15.7. The predicted molar refractivity (Wildman–Crippen MR) is 126 cm³/mol. The van der Waals surface area contributed by atoms with Crippen molar-refractivity contribution in [1.29, 1.82) is 0 Å². The van der Waals surface area contributed by atoms with Crippen LogP contribution in [0.15, 0.2) is 61.2 Å². The predicted octanol–water partition coefficient (Wildman–Crippen LogP) is 4.09. The van der Waals surface area contributed by atoms with Gasteiger partial charge in [0.25, 0.3) is 0 Å². The van der Waals surface area contributed by atoms with Crippen molar-refractivity contribution in [2.45, 2.75) is 38.6 Å². The Morgan fingerprint density at radius 3 is 2.21 bits per heavy atom. The number of rotatable bonds is 10. The minimum atomic E-state index is -0.936. The summed E-state index contributed by atoms with van der Waals surface area (Å²) in [7, 11) is 0. The van der Waals surface area contributed by atoms with Crippen molar-refractivity contribution >= 4 is 18.0 Å². The number of nitrogens with one attached hydrogen (secondary N) is 2. The van der Waals surface area contributed by atoms with Gasteiger partial charge < -0.3 is 20.5 Å². The van der Waals surface area contributed by atoms with Crippen LogP contribution < -0.4 is 10.6 Å². The molecule has 1 unspecified atom stereocenters. The number of carboxylic acids is 1. The van der Waals surface area contributed by atoms with Gasteiger partial charge in [0.15, 0.2) is 0 Å². The zero-order chi connectivity index (χ0) is 24.0. The van der Waals surface area contributed by atoms with Gasteiger partial charge in [0.05, 0.1) is 6.42 Å². The van der Waals surface area contributed by atoms with Gasteiger partial charge in [-0.05, 0) is 34.1 Å². The average molecular weight is 451 g/mol. The normalized spacial score (nSPS) is 13.4. The zero-order valence-corrected chi connectivity index (χ0v) is 19.0. The van der Waals surface area contributed by atoms with E-state index in [0.29, 0.717) is 0 Å². The molecule has 33 heavy (non-hydrogen) atoms. The molecular formula is C26H30N2O5. The van der Waals surface area contributed by atoms with Gasteiger partial charge in [0.1, 0.15) is 12.6 Å². The molecule has 0 fully saturated rings. The number of carbonyl (C=O) groups excluding carboxylic acids is 2. The second-order valence-corrected chi connectivity index (χ2v) is 9.00. The summed E-state index contributed by atoms with van der Waals surface area (Å²) in [6.07, 6.45) is 0.981. The number of fused-ring (bicyclic) bond motifs is 3. The molecule has 3 N–H and O–H groups in total. The van der Waals surface area contributed by atoms with Crippen LogP contribution in [0.1, 0.15) is 43.7 Å². The van der Waals surface area contributed by atoms with Crippen LogP contribution in [0.3, 0.4) is 0 Å². The molecule has 1 atom stereocenters. The molecule has 3 rings (SSSR count). The third kappa shape index (κ3) is 6.00. The summed E-state index contributed by atoms with van der Waals surface area (Å²) in [5.74, 6) is -1.43. The zero-order valence-electron chi connectivity index (χ0n) is 19.0. The quantitative estimate of drug-likeness (QED) is 0.473.